The Morgan fingerprint density at radius 3 is 2.40 bits per heavy atom. The van der Waals surface area contributed by atoms with Crippen LogP contribution in [0.3, 0.4) is 0 Å². The summed E-state index contributed by atoms with van der Waals surface area (Å²) in [5.41, 5.74) is 3.47. The molecule has 1 aliphatic heterocycles. The largest absolute Gasteiger partial charge is 0.297 e. The highest BCUT2D eigenvalue weighted by atomic mass is 15.2. The van der Waals surface area contributed by atoms with E-state index in [9.17, 15) is 0 Å². The van der Waals surface area contributed by atoms with Crippen LogP contribution in [0, 0.1) is 6.92 Å². The fourth-order valence-electron chi connectivity index (χ4n) is 2.84. The highest BCUT2D eigenvalue weighted by Gasteiger charge is 2.19. The number of aromatic nitrogens is 2. The monoisotopic (exact) mass is 267 g/mol. The van der Waals surface area contributed by atoms with Crippen LogP contribution in [-0.4, -0.2) is 28.0 Å². The number of rotatable bonds is 3. The maximum atomic E-state index is 4.47. The van der Waals surface area contributed by atoms with Gasteiger partial charge >= 0.3 is 0 Å². The Kier molecular flexibility index (Phi) is 3.79. The lowest BCUT2D eigenvalue weighted by molar-refractivity contribution is 0.263. The molecular weight excluding hydrogens is 246 g/mol. The summed E-state index contributed by atoms with van der Waals surface area (Å²) >= 11 is 0. The fraction of sp³-hybridized carbons (Fsp3) is 0.412. The van der Waals surface area contributed by atoms with Crippen LogP contribution in [0.5, 0.6) is 0 Å². The van der Waals surface area contributed by atoms with Crippen LogP contribution in [-0.2, 0) is 0 Å². The van der Waals surface area contributed by atoms with Gasteiger partial charge in [-0.1, -0.05) is 24.3 Å². The van der Waals surface area contributed by atoms with Crippen molar-refractivity contribution in [2.24, 2.45) is 0 Å². The molecule has 1 fully saturated rings. The van der Waals surface area contributed by atoms with E-state index in [4.69, 9.17) is 0 Å². The predicted octanol–water partition coefficient (Wildman–Crippen LogP) is 3.61. The molecule has 1 atom stereocenters. The molecule has 0 aliphatic carbocycles. The molecule has 3 heteroatoms. The van der Waals surface area contributed by atoms with E-state index in [-0.39, 0.29) is 0 Å². The van der Waals surface area contributed by atoms with E-state index < -0.39 is 0 Å². The Morgan fingerprint density at radius 1 is 1.05 bits per heavy atom. The average Bonchev–Trinajstić information content (AvgIpc) is 3.01. The maximum Gasteiger partial charge on any atom is 0.159 e. The summed E-state index contributed by atoms with van der Waals surface area (Å²) in [6.07, 6.45) is 4.48. The number of hydrogen-bond donors (Lipinski definition) is 0. The van der Waals surface area contributed by atoms with Gasteiger partial charge in [0.25, 0.3) is 0 Å². The van der Waals surface area contributed by atoms with Gasteiger partial charge in [0.1, 0.15) is 0 Å². The minimum absolute atomic E-state index is 0.505. The summed E-state index contributed by atoms with van der Waals surface area (Å²) in [5.74, 6) is 0.811. The molecule has 0 saturated carbocycles. The highest BCUT2D eigenvalue weighted by molar-refractivity contribution is 5.55. The minimum Gasteiger partial charge on any atom is -0.297 e. The average molecular weight is 267 g/mol. The molecule has 1 aromatic heterocycles. The number of likely N-dealkylation sites (tertiary alicyclic amines) is 1. The summed E-state index contributed by atoms with van der Waals surface area (Å²) in [6.45, 7) is 6.74. The van der Waals surface area contributed by atoms with Crippen molar-refractivity contribution in [1.82, 2.24) is 14.9 Å². The zero-order valence-corrected chi connectivity index (χ0v) is 12.2. The van der Waals surface area contributed by atoms with Gasteiger partial charge in [0.05, 0.1) is 0 Å². The minimum atomic E-state index is 0.505. The van der Waals surface area contributed by atoms with Gasteiger partial charge in [0, 0.05) is 23.5 Å². The van der Waals surface area contributed by atoms with E-state index in [0.29, 0.717) is 6.04 Å². The molecule has 0 amide bonds. The molecule has 0 bridgehead atoms. The van der Waals surface area contributed by atoms with Gasteiger partial charge in [-0.3, -0.25) is 4.90 Å². The lowest BCUT2D eigenvalue weighted by Crippen LogP contribution is -2.23. The third-order valence-corrected chi connectivity index (χ3v) is 4.13. The second-order valence-electron chi connectivity index (χ2n) is 5.56. The Morgan fingerprint density at radius 2 is 1.75 bits per heavy atom. The van der Waals surface area contributed by atoms with E-state index in [1.165, 1.54) is 31.5 Å². The molecule has 0 N–H and O–H groups in total. The Labute approximate surface area is 120 Å². The van der Waals surface area contributed by atoms with Crippen LogP contribution in [0.4, 0.5) is 0 Å². The first-order valence-electron chi connectivity index (χ1n) is 7.38. The molecule has 2 heterocycles. The van der Waals surface area contributed by atoms with Gasteiger partial charge < -0.3 is 0 Å². The number of benzene rings is 1. The van der Waals surface area contributed by atoms with E-state index in [0.717, 1.165) is 17.1 Å². The van der Waals surface area contributed by atoms with Crippen molar-refractivity contribution in [1.29, 1.82) is 0 Å². The molecule has 20 heavy (non-hydrogen) atoms. The molecule has 0 radical (unpaired) electrons. The second kappa shape index (κ2) is 5.71. The van der Waals surface area contributed by atoms with Crippen LogP contribution >= 0.6 is 0 Å². The summed E-state index contributed by atoms with van der Waals surface area (Å²) in [7, 11) is 0. The van der Waals surface area contributed by atoms with Gasteiger partial charge in [-0.2, -0.15) is 0 Å². The first kappa shape index (κ1) is 13.3. The van der Waals surface area contributed by atoms with Crippen molar-refractivity contribution in [2.75, 3.05) is 13.1 Å². The van der Waals surface area contributed by atoms with Gasteiger partial charge in [-0.15, -0.1) is 0 Å². The predicted molar refractivity (Wildman–Crippen MR) is 81.4 cm³/mol. The van der Waals surface area contributed by atoms with E-state index in [1.807, 2.05) is 19.2 Å². The van der Waals surface area contributed by atoms with Crippen LogP contribution in [0.2, 0.25) is 0 Å². The Hall–Kier alpha value is -1.74. The first-order chi connectivity index (χ1) is 9.74. The van der Waals surface area contributed by atoms with E-state index in [2.05, 4.69) is 46.1 Å². The molecule has 3 nitrogen and oxygen atoms in total. The maximum absolute atomic E-state index is 4.47. The van der Waals surface area contributed by atoms with Gasteiger partial charge in [-0.25, -0.2) is 9.97 Å². The lowest BCUT2D eigenvalue weighted by Gasteiger charge is -2.24. The normalized spacial score (nSPS) is 17.3. The van der Waals surface area contributed by atoms with Crippen molar-refractivity contribution in [2.45, 2.75) is 32.7 Å². The Balaban J connectivity index is 1.80. The third kappa shape index (κ3) is 2.73. The quantitative estimate of drug-likeness (QED) is 0.850. The summed E-state index contributed by atoms with van der Waals surface area (Å²) in [4.78, 5) is 11.4. The first-order valence-corrected chi connectivity index (χ1v) is 7.38. The highest BCUT2D eigenvalue weighted by Crippen LogP contribution is 2.26. The van der Waals surface area contributed by atoms with Crippen molar-refractivity contribution < 1.29 is 0 Å². The van der Waals surface area contributed by atoms with Crippen molar-refractivity contribution >= 4 is 0 Å². The molecule has 1 aromatic carbocycles. The third-order valence-electron chi connectivity index (χ3n) is 4.13. The summed E-state index contributed by atoms with van der Waals surface area (Å²) in [5, 5.41) is 0. The van der Waals surface area contributed by atoms with E-state index in [1.54, 1.807) is 0 Å². The smallest absolute Gasteiger partial charge is 0.159 e. The number of aryl methyl sites for hydroxylation is 1. The van der Waals surface area contributed by atoms with Crippen LogP contribution in [0.15, 0.2) is 36.5 Å². The van der Waals surface area contributed by atoms with Gasteiger partial charge in [-0.05, 0) is 51.4 Å². The topological polar surface area (TPSA) is 29.0 Å². The fourth-order valence-corrected chi connectivity index (χ4v) is 2.84. The van der Waals surface area contributed by atoms with Crippen molar-refractivity contribution in [3.63, 3.8) is 0 Å². The SMILES string of the molecule is Cc1ccnc(-c2ccc(C(C)N3CCCC3)cc2)n1. The molecule has 1 aliphatic rings. The molecule has 1 unspecified atom stereocenters. The standard InChI is InChI=1S/C17H21N3/c1-13-9-10-18-17(19-13)16-7-5-15(6-8-16)14(2)20-11-3-4-12-20/h5-10,14H,3-4,11-12H2,1-2H3. The molecular formula is C17H21N3. The molecule has 3 rings (SSSR count). The molecule has 0 spiro atoms. The zero-order chi connectivity index (χ0) is 13.9. The van der Waals surface area contributed by atoms with Crippen molar-refractivity contribution in [3.8, 4) is 11.4 Å². The molecule has 104 valence electrons. The summed E-state index contributed by atoms with van der Waals surface area (Å²) < 4.78 is 0. The second-order valence-corrected chi connectivity index (χ2v) is 5.56. The van der Waals surface area contributed by atoms with Crippen molar-refractivity contribution in [3.05, 3.63) is 47.8 Å². The zero-order valence-electron chi connectivity index (χ0n) is 12.2. The summed E-state index contributed by atoms with van der Waals surface area (Å²) in [6, 6.07) is 11.1. The van der Waals surface area contributed by atoms with Crippen LogP contribution in [0.1, 0.15) is 37.1 Å². The van der Waals surface area contributed by atoms with Crippen LogP contribution in [0.25, 0.3) is 11.4 Å². The van der Waals surface area contributed by atoms with E-state index >= 15 is 0 Å². The number of hydrogen-bond acceptors (Lipinski definition) is 3. The van der Waals surface area contributed by atoms with Gasteiger partial charge in [0.15, 0.2) is 5.82 Å². The van der Waals surface area contributed by atoms with Gasteiger partial charge in [0.2, 0.25) is 0 Å². The molecule has 1 saturated heterocycles. The van der Waals surface area contributed by atoms with Crippen LogP contribution < -0.4 is 0 Å². The number of nitrogens with zero attached hydrogens (tertiary/aromatic N) is 3. The molecule has 2 aromatic rings. The lowest BCUT2D eigenvalue weighted by atomic mass is 10.0. The Bertz CT molecular complexity index is 571.